The van der Waals surface area contributed by atoms with Crippen molar-refractivity contribution < 1.29 is 24.5 Å². The smallest absolute Gasteiger partial charge is 0.305 e. The SMILES string of the molecule is CCCCCCCCCCCCCCCCCCCCCCCC(O)C(CO)NC(=O)CCCCCCCCCCCCCCCCCCCCCCCCCCCCCCCCCOC(=O)CCCCCCCCCCCCCCCCCC. The second-order valence-electron chi connectivity index (χ2n) is 27.8. The molecular weight excluding hydrogens is 1040 g/mol. The molecule has 0 aliphatic rings. The summed E-state index contributed by atoms with van der Waals surface area (Å²) in [6.07, 6.45) is 93.4. The maximum atomic E-state index is 12.6. The molecular formula is C79H157NO5. The molecule has 0 spiro atoms. The molecule has 0 aliphatic carbocycles. The van der Waals surface area contributed by atoms with Gasteiger partial charge in [-0.05, 0) is 25.7 Å². The van der Waals surface area contributed by atoms with E-state index in [9.17, 15) is 19.8 Å². The van der Waals surface area contributed by atoms with Gasteiger partial charge < -0.3 is 20.3 Å². The summed E-state index contributed by atoms with van der Waals surface area (Å²) >= 11 is 0. The molecule has 508 valence electrons. The molecule has 6 nitrogen and oxygen atoms in total. The molecule has 0 fully saturated rings. The van der Waals surface area contributed by atoms with Crippen molar-refractivity contribution in [3.05, 3.63) is 0 Å². The first-order valence-corrected chi connectivity index (χ1v) is 39.8. The van der Waals surface area contributed by atoms with E-state index in [1.165, 1.54) is 398 Å². The summed E-state index contributed by atoms with van der Waals surface area (Å²) in [5.74, 6) is 0.00111. The van der Waals surface area contributed by atoms with Crippen LogP contribution in [0.3, 0.4) is 0 Å². The quantitative estimate of drug-likeness (QED) is 0.0417. The second-order valence-corrected chi connectivity index (χ2v) is 27.8. The molecule has 2 unspecified atom stereocenters. The third-order valence-corrected chi connectivity index (χ3v) is 19.2. The van der Waals surface area contributed by atoms with E-state index >= 15 is 0 Å². The number of esters is 1. The van der Waals surface area contributed by atoms with Crippen molar-refractivity contribution in [1.82, 2.24) is 5.32 Å². The first kappa shape index (κ1) is 83.9. The van der Waals surface area contributed by atoms with E-state index in [1.807, 2.05) is 0 Å². The van der Waals surface area contributed by atoms with E-state index in [1.54, 1.807) is 0 Å². The molecule has 0 rings (SSSR count). The van der Waals surface area contributed by atoms with Gasteiger partial charge in [-0.2, -0.15) is 0 Å². The van der Waals surface area contributed by atoms with Crippen LogP contribution in [0, 0.1) is 0 Å². The van der Waals surface area contributed by atoms with Crippen LogP contribution in [0.2, 0.25) is 0 Å². The van der Waals surface area contributed by atoms with Gasteiger partial charge in [-0.1, -0.05) is 431 Å². The number of carbonyl (C=O) groups is 2. The van der Waals surface area contributed by atoms with Gasteiger partial charge in [-0.15, -0.1) is 0 Å². The Morgan fingerprint density at radius 3 is 0.718 bits per heavy atom. The first-order valence-electron chi connectivity index (χ1n) is 39.8. The van der Waals surface area contributed by atoms with E-state index in [0.717, 1.165) is 38.5 Å². The number of amides is 1. The minimum Gasteiger partial charge on any atom is -0.466 e. The van der Waals surface area contributed by atoms with Crippen molar-refractivity contribution >= 4 is 11.9 Å². The highest BCUT2D eigenvalue weighted by molar-refractivity contribution is 5.76. The average Bonchev–Trinajstić information content (AvgIpc) is 3.50. The number of ether oxygens (including phenoxy) is 1. The van der Waals surface area contributed by atoms with Crippen molar-refractivity contribution in [3.63, 3.8) is 0 Å². The molecule has 0 radical (unpaired) electrons. The summed E-state index contributed by atoms with van der Waals surface area (Å²) in [5, 5.41) is 23.5. The molecule has 0 aromatic rings. The van der Waals surface area contributed by atoms with Crippen LogP contribution in [0.25, 0.3) is 0 Å². The van der Waals surface area contributed by atoms with E-state index in [0.29, 0.717) is 25.9 Å². The molecule has 6 heteroatoms. The Balaban J connectivity index is 3.31. The minimum absolute atomic E-state index is 0.0246. The molecule has 85 heavy (non-hydrogen) atoms. The number of aliphatic hydroxyl groups excluding tert-OH is 2. The summed E-state index contributed by atoms with van der Waals surface area (Å²) in [6, 6.07) is -0.538. The van der Waals surface area contributed by atoms with Crippen molar-refractivity contribution in [1.29, 1.82) is 0 Å². The molecule has 0 aromatic carbocycles. The van der Waals surface area contributed by atoms with Crippen molar-refractivity contribution in [3.8, 4) is 0 Å². The van der Waals surface area contributed by atoms with Crippen LogP contribution in [0.1, 0.15) is 470 Å². The van der Waals surface area contributed by atoms with Crippen LogP contribution in [0.5, 0.6) is 0 Å². The van der Waals surface area contributed by atoms with E-state index < -0.39 is 12.1 Å². The Kier molecular flexibility index (Phi) is 74.3. The Labute approximate surface area is 534 Å². The number of unbranched alkanes of at least 4 members (excludes halogenated alkanes) is 65. The van der Waals surface area contributed by atoms with E-state index in [2.05, 4.69) is 19.2 Å². The average molecular weight is 1200 g/mol. The van der Waals surface area contributed by atoms with E-state index in [4.69, 9.17) is 4.74 Å². The monoisotopic (exact) mass is 1200 g/mol. The normalized spacial score (nSPS) is 12.4. The maximum absolute atomic E-state index is 12.6. The highest BCUT2D eigenvalue weighted by Crippen LogP contribution is 2.21. The van der Waals surface area contributed by atoms with Crippen molar-refractivity contribution in [2.75, 3.05) is 13.2 Å². The molecule has 0 saturated heterocycles. The van der Waals surface area contributed by atoms with Crippen LogP contribution in [-0.2, 0) is 14.3 Å². The highest BCUT2D eigenvalue weighted by atomic mass is 16.5. The molecule has 1 amide bonds. The largest absolute Gasteiger partial charge is 0.466 e. The summed E-state index contributed by atoms with van der Waals surface area (Å²) in [5.41, 5.74) is 0. The van der Waals surface area contributed by atoms with Gasteiger partial charge in [0.15, 0.2) is 0 Å². The lowest BCUT2D eigenvalue weighted by Gasteiger charge is -2.22. The van der Waals surface area contributed by atoms with Gasteiger partial charge in [0.1, 0.15) is 0 Å². The van der Waals surface area contributed by atoms with Crippen LogP contribution in [0.15, 0.2) is 0 Å². The highest BCUT2D eigenvalue weighted by Gasteiger charge is 2.20. The maximum Gasteiger partial charge on any atom is 0.305 e. The van der Waals surface area contributed by atoms with Crippen LogP contribution in [-0.4, -0.2) is 47.4 Å². The molecule has 2 atom stereocenters. The van der Waals surface area contributed by atoms with Gasteiger partial charge in [0.25, 0.3) is 0 Å². The number of rotatable bonds is 76. The van der Waals surface area contributed by atoms with Gasteiger partial charge in [0.05, 0.1) is 25.4 Å². The van der Waals surface area contributed by atoms with Gasteiger partial charge in [0, 0.05) is 12.8 Å². The lowest BCUT2D eigenvalue weighted by atomic mass is 10.0. The Morgan fingerprint density at radius 1 is 0.282 bits per heavy atom. The second kappa shape index (κ2) is 75.3. The van der Waals surface area contributed by atoms with Gasteiger partial charge >= 0.3 is 5.97 Å². The zero-order chi connectivity index (χ0) is 61.3. The molecule has 0 heterocycles. The van der Waals surface area contributed by atoms with Gasteiger partial charge in [-0.25, -0.2) is 0 Å². The summed E-state index contributed by atoms with van der Waals surface area (Å²) in [6.45, 7) is 5.02. The predicted octanol–water partition coefficient (Wildman–Crippen LogP) is 26.1. The van der Waals surface area contributed by atoms with Crippen LogP contribution in [0.4, 0.5) is 0 Å². The van der Waals surface area contributed by atoms with Crippen molar-refractivity contribution in [2.24, 2.45) is 0 Å². The van der Waals surface area contributed by atoms with Gasteiger partial charge in [-0.3, -0.25) is 9.59 Å². The number of nitrogens with one attached hydrogen (secondary N) is 1. The number of aliphatic hydroxyl groups is 2. The van der Waals surface area contributed by atoms with Crippen LogP contribution < -0.4 is 5.32 Å². The minimum atomic E-state index is -0.661. The molecule has 0 saturated carbocycles. The Morgan fingerprint density at radius 2 is 0.482 bits per heavy atom. The lowest BCUT2D eigenvalue weighted by molar-refractivity contribution is -0.143. The standard InChI is InChI=1S/C79H157NO5/c1-3-5-7-9-11-13-15-17-19-21-22-34-37-40-43-47-51-55-59-63-67-71-77(82)76(75-81)80-78(83)72-68-64-60-56-52-48-44-41-38-35-32-30-28-26-24-23-25-27-29-31-33-36-39-42-46-50-54-58-62-66-70-74-85-79(84)73-69-65-61-57-53-49-45-20-18-16-14-12-10-8-6-4-2/h76-77,81-82H,3-75H2,1-2H3,(H,80,83). The molecule has 3 N–H and O–H groups in total. The Hall–Kier alpha value is -1.14. The first-order chi connectivity index (χ1) is 42.0. The fourth-order valence-corrected chi connectivity index (χ4v) is 13.1. The predicted molar refractivity (Wildman–Crippen MR) is 375 cm³/mol. The van der Waals surface area contributed by atoms with Crippen molar-refractivity contribution in [2.45, 2.75) is 482 Å². The molecule has 0 bridgehead atoms. The topological polar surface area (TPSA) is 95.9 Å². The fourth-order valence-electron chi connectivity index (χ4n) is 13.1. The number of carbonyl (C=O) groups excluding carboxylic acids is 2. The van der Waals surface area contributed by atoms with Crippen LogP contribution >= 0.6 is 0 Å². The summed E-state index contributed by atoms with van der Waals surface area (Å²) < 4.78 is 5.51. The summed E-state index contributed by atoms with van der Waals surface area (Å²) in [7, 11) is 0. The fraction of sp³-hybridized carbons (Fsp3) is 0.975. The van der Waals surface area contributed by atoms with Gasteiger partial charge in [0.2, 0.25) is 5.91 Å². The zero-order valence-corrected chi connectivity index (χ0v) is 58.4. The summed E-state index contributed by atoms with van der Waals surface area (Å²) in [4.78, 5) is 24.7. The molecule has 0 aromatic heterocycles. The molecule has 0 aliphatic heterocycles. The number of hydrogen-bond donors (Lipinski definition) is 3. The van der Waals surface area contributed by atoms with E-state index in [-0.39, 0.29) is 18.5 Å². The lowest BCUT2D eigenvalue weighted by Crippen LogP contribution is -2.45. The third-order valence-electron chi connectivity index (χ3n) is 19.2. The Bertz CT molecular complexity index is 1240. The number of hydrogen-bond acceptors (Lipinski definition) is 5. The zero-order valence-electron chi connectivity index (χ0n) is 58.4. The third kappa shape index (κ3) is 71.8.